The molecule has 1 N–H and O–H groups in total. The zero-order chi connectivity index (χ0) is 18.2. The van der Waals surface area contributed by atoms with E-state index in [2.05, 4.69) is 25.5 Å². The maximum absolute atomic E-state index is 13.0. The predicted molar refractivity (Wildman–Crippen MR) is 82.2 cm³/mol. The molecule has 3 rings (SSSR count). The van der Waals surface area contributed by atoms with Crippen LogP contribution in [0.4, 0.5) is 19.0 Å². The van der Waals surface area contributed by atoms with Crippen molar-refractivity contribution < 1.29 is 17.9 Å². The van der Waals surface area contributed by atoms with Crippen LogP contribution in [0.1, 0.15) is 23.9 Å². The molecule has 0 aromatic carbocycles. The number of hydrogen-bond donors (Lipinski definition) is 1. The molecule has 0 aliphatic rings. The highest BCUT2D eigenvalue weighted by Crippen LogP contribution is 2.30. The number of rotatable bonds is 5. The van der Waals surface area contributed by atoms with Gasteiger partial charge in [0.25, 0.3) is 5.78 Å². The first-order chi connectivity index (χ1) is 11.8. The van der Waals surface area contributed by atoms with Crippen molar-refractivity contribution in [2.75, 3.05) is 12.4 Å². The third kappa shape index (κ3) is 3.08. The highest BCUT2D eigenvalue weighted by Gasteiger charge is 2.34. The Morgan fingerprint density at radius 3 is 2.72 bits per heavy atom. The van der Waals surface area contributed by atoms with E-state index >= 15 is 0 Å². The second-order valence-electron chi connectivity index (χ2n) is 5.26. The molecule has 0 fully saturated rings. The van der Waals surface area contributed by atoms with Gasteiger partial charge in [0.15, 0.2) is 5.69 Å². The maximum Gasteiger partial charge on any atom is 0.433 e. The molecule has 0 aliphatic carbocycles. The predicted octanol–water partition coefficient (Wildman–Crippen LogP) is 2.06. The van der Waals surface area contributed by atoms with Crippen LogP contribution in [0, 0.1) is 0 Å². The fourth-order valence-electron chi connectivity index (χ4n) is 2.58. The minimum absolute atomic E-state index is 0.128. The van der Waals surface area contributed by atoms with E-state index in [1.54, 1.807) is 11.7 Å². The summed E-state index contributed by atoms with van der Waals surface area (Å²) in [5, 5.41) is 11.2. The molecule has 3 heterocycles. The molecule has 8 nitrogen and oxygen atoms in total. The number of hydrogen-bond acceptors (Lipinski definition) is 6. The lowest BCUT2D eigenvalue weighted by molar-refractivity contribution is -0.141. The Morgan fingerprint density at radius 1 is 1.32 bits per heavy atom. The van der Waals surface area contributed by atoms with Crippen molar-refractivity contribution >= 4 is 11.6 Å². The molecular weight excluding hydrogens is 339 g/mol. The van der Waals surface area contributed by atoms with Crippen LogP contribution in [0.2, 0.25) is 0 Å². The molecule has 0 atom stereocenters. The van der Waals surface area contributed by atoms with E-state index in [0.29, 0.717) is 12.3 Å². The Bertz CT molecular complexity index is 900. The summed E-state index contributed by atoms with van der Waals surface area (Å²) in [6.45, 7) is 2.16. The number of aryl methyl sites for hydroxylation is 2. The molecule has 134 valence electrons. The van der Waals surface area contributed by atoms with Gasteiger partial charge in [0.1, 0.15) is 12.1 Å². The van der Waals surface area contributed by atoms with E-state index in [-0.39, 0.29) is 18.1 Å². The average Bonchev–Trinajstić information content (AvgIpc) is 3.15. The van der Waals surface area contributed by atoms with Crippen molar-refractivity contribution in [1.82, 2.24) is 29.4 Å². The van der Waals surface area contributed by atoms with Crippen LogP contribution < -0.4 is 10.1 Å². The first kappa shape index (κ1) is 17.0. The van der Waals surface area contributed by atoms with Gasteiger partial charge < -0.3 is 10.1 Å². The molecule has 0 saturated heterocycles. The zero-order valence-electron chi connectivity index (χ0n) is 13.8. The molecule has 0 aliphatic heterocycles. The van der Waals surface area contributed by atoms with Gasteiger partial charge in [-0.25, -0.2) is 9.67 Å². The van der Waals surface area contributed by atoms with Gasteiger partial charge in [-0.2, -0.15) is 32.9 Å². The lowest BCUT2D eigenvalue weighted by Gasteiger charge is -2.12. The van der Waals surface area contributed by atoms with Crippen molar-refractivity contribution in [2.45, 2.75) is 26.1 Å². The Balaban J connectivity index is 1.98. The number of aromatic nitrogens is 6. The smallest absolute Gasteiger partial charge is 0.433 e. The molecule has 3 aromatic rings. The van der Waals surface area contributed by atoms with Gasteiger partial charge in [0, 0.05) is 19.7 Å². The Hall–Kier alpha value is -2.85. The number of methoxy groups -OCH3 is 1. The monoisotopic (exact) mass is 355 g/mol. The first-order valence-electron chi connectivity index (χ1n) is 7.45. The molecule has 3 aromatic heterocycles. The minimum Gasteiger partial charge on any atom is -0.481 e. The highest BCUT2D eigenvalue weighted by molar-refractivity contribution is 5.47. The van der Waals surface area contributed by atoms with Gasteiger partial charge in [-0.15, -0.1) is 0 Å². The number of halogens is 3. The molecular formula is C14H16F3N7O. The van der Waals surface area contributed by atoms with E-state index < -0.39 is 11.9 Å². The van der Waals surface area contributed by atoms with Crippen molar-refractivity contribution in [3.05, 3.63) is 29.3 Å². The standard InChI is InChI=1S/C14H16F3N7O/c1-4-9-8(12(25-3)23(2)22-9)6-18-11-5-10(14(15,16)17)21-13-19-7-20-24(11)13/h5,7,18H,4,6H2,1-3H3. The van der Waals surface area contributed by atoms with Crippen LogP contribution in [0.25, 0.3) is 5.78 Å². The number of nitrogens with one attached hydrogen (secondary N) is 1. The SMILES string of the molecule is CCc1nn(C)c(OC)c1CNc1cc(C(F)(F)F)nc2ncnn12. The van der Waals surface area contributed by atoms with Crippen LogP contribution in [0.15, 0.2) is 12.4 Å². The zero-order valence-corrected chi connectivity index (χ0v) is 13.8. The Labute approximate surface area is 140 Å². The molecule has 0 amide bonds. The number of alkyl halides is 3. The fraction of sp³-hybridized carbons (Fsp3) is 0.429. The summed E-state index contributed by atoms with van der Waals surface area (Å²) >= 11 is 0. The van der Waals surface area contributed by atoms with Gasteiger partial charge in [-0.1, -0.05) is 6.92 Å². The summed E-state index contributed by atoms with van der Waals surface area (Å²) in [6, 6.07) is 0.899. The summed E-state index contributed by atoms with van der Waals surface area (Å²) in [7, 11) is 3.26. The van der Waals surface area contributed by atoms with Crippen LogP contribution in [0.5, 0.6) is 5.88 Å². The highest BCUT2D eigenvalue weighted by atomic mass is 19.4. The number of anilines is 1. The average molecular weight is 355 g/mol. The Morgan fingerprint density at radius 2 is 2.08 bits per heavy atom. The lowest BCUT2D eigenvalue weighted by Crippen LogP contribution is -2.13. The van der Waals surface area contributed by atoms with E-state index in [1.165, 1.54) is 11.6 Å². The van der Waals surface area contributed by atoms with E-state index in [9.17, 15) is 13.2 Å². The normalized spacial score (nSPS) is 11.9. The van der Waals surface area contributed by atoms with Crippen molar-refractivity contribution in [3.63, 3.8) is 0 Å². The number of ether oxygens (including phenoxy) is 1. The van der Waals surface area contributed by atoms with Crippen molar-refractivity contribution in [3.8, 4) is 5.88 Å². The molecule has 0 bridgehead atoms. The molecule has 0 radical (unpaired) electrons. The lowest BCUT2D eigenvalue weighted by atomic mass is 10.2. The topological polar surface area (TPSA) is 82.2 Å². The molecule has 25 heavy (non-hydrogen) atoms. The second kappa shape index (κ2) is 6.22. The van der Waals surface area contributed by atoms with Gasteiger partial charge in [-0.3, -0.25) is 0 Å². The Kier molecular flexibility index (Phi) is 4.23. The molecule has 0 unspecified atom stereocenters. The van der Waals surface area contributed by atoms with Gasteiger partial charge in [0.05, 0.1) is 18.4 Å². The summed E-state index contributed by atoms with van der Waals surface area (Å²) < 4.78 is 47.2. The summed E-state index contributed by atoms with van der Waals surface area (Å²) in [5.74, 6) is 0.540. The largest absolute Gasteiger partial charge is 0.481 e. The van der Waals surface area contributed by atoms with Crippen molar-refractivity contribution in [2.24, 2.45) is 7.05 Å². The van der Waals surface area contributed by atoms with Crippen LogP contribution >= 0.6 is 0 Å². The van der Waals surface area contributed by atoms with Crippen LogP contribution in [-0.4, -0.2) is 36.5 Å². The molecule has 0 spiro atoms. The summed E-state index contributed by atoms with van der Waals surface area (Å²) in [5.41, 5.74) is 0.530. The quantitative estimate of drug-likeness (QED) is 0.754. The van der Waals surface area contributed by atoms with Gasteiger partial charge in [-0.05, 0) is 6.42 Å². The van der Waals surface area contributed by atoms with E-state index in [1.807, 2.05) is 6.92 Å². The van der Waals surface area contributed by atoms with Crippen LogP contribution in [-0.2, 0) is 26.2 Å². The fourth-order valence-corrected chi connectivity index (χ4v) is 2.58. The first-order valence-corrected chi connectivity index (χ1v) is 7.45. The van der Waals surface area contributed by atoms with Gasteiger partial charge in [0.2, 0.25) is 5.88 Å². The summed E-state index contributed by atoms with van der Waals surface area (Å²) in [4.78, 5) is 7.22. The third-order valence-corrected chi connectivity index (χ3v) is 3.69. The van der Waals surface area contributed by atoms with E-state index in [0.717, 1.165) is 23.7 Å². The summed E-state index contributed by atoms with van der Waals surface area (Å²) in [6.07, 6.45) is -2.77. The second-order valence-corrected chi connectivity index (χ2v) is 5.26. The maximum atomic E-state index is 13.0. The third-order valence-electron chi connectivity index (χ3n) is 3.69. The van der Waals surface area contributed by atoms with Gasteiger partial charge >= 0.3 is 6.18 Å². The molecule has 0 saturated carbocycles. The van der Waals surface area contributed by atoms with E-state index in [4.69, 9.17) is 4.74 Å². The number of fused-ring (bicyclic) bond motifs is 1. The minimum atomic E-state index is -4.58. The van der Waals surface area contributed by atoms with Crippen molar-refractivity contribution in [1.29, 1.82) is 0 Å². The van der Waals surface area contributed by atoms with Crippen LogP contribution in [0.3, 0.4) is 0 Å². The molecule has 11 heteroatoms. The number of nitrogens with zero attached hydrogens (tertiary/aromatic N) is 6.